The fraction of sp³-hybridized carbons (Fsp3) is 0.545. The van der Waals surface area contributed by atoms with Crippen molar-refractivity contribution in [2.45, 2.75) is 0 Å². The molecule has 0 saturated carbocycles. The molecule has 1 aliphatic rings. The van der Waals surface area contributed by atoms with E-state index in [4.69, 9.17) is 0 Å². The van der Waals surface area contributed by atoms with E-state index in [1.165, 1.54) is 27.2 Å². The first-order valence-electron chi connectivity index (χ1n) is 6.01. The molecule has 7 nitrogen and oxygen atoms in total. The summed E-state index contributed by atoms with van der Waals surface area (Å²) in [4.78, 5) is 13.3. The van der Waals surface area contributed by atoms with Gasteiger partial charge in [0.1, 0.15) is 0 Å². The van der Waals surface area contributed by atoms with Crippen molar-refractivity contribution < 1.29 is 8.42 Å². The summed E-state index contributed by atoms with van der Waals surface area (Å²) in [6.45, 7) is 2.37. The molecule has 0 bridgehead atoms. The number of hydrogen-bond acceptors (Lipinski definition) is 4. The third kappa shape index (κ3) is 3.34. The number of piperazine rings is 1. The second-order valence-electron chi connectivity index (χ2n) is 4.68. The van der Waals surface area contributed by atoms with Crippen LogP contribution < -0.4 is 10.3 Å². The lowest BCUT2D eigenvalue weighted by Gasteiger charge is -2.31. The monoisotopic (exact) mass is 286 g/mol. The van der Waals surface area contributed by atoms with Crippen molar-refractivity contribution in [1.29, 1.82) is 0 Å². The van der Waals surface area contributed by atoms with E-state index in [0.717, 1.165) is 0 Å². The van der Waals surface area contributed by atoms with Crippen molar-refractivity contribution in [2.24, 2.45) is 7.05 Å². The fourth-order valence-corrected chi connectivity index (χ4v) is 3.09. The van der Waals surface area contributed by atoms with Gasteiger partial charge in [0.2, 0.25) is 5.56 Å². The van der Waals surface area contributed by atoms with Crippen molar-refractivity contribution in [3.63, 3.8) is 0 Å². The van der Waals surface area contributed by atoms with Crippen molar-refractivity contribution in [3.8, 4) is 0 Å². The second-order valence-corrected chi connectivity index (χ2v) is 6.35. The Morgan fingerprint density at radius 2 is 1.74 bits per heavy atom. The van der Waals surface area contributed by atoms with E-state index in [1.807, 2.05) is 7.05 Å². The molecule has 0 atom stereocenters. The Morgan fingerprint density at radius 3 is 2.32 bits per heavy atom. The standard InChI is InChI=1S/C11H18N4O3S/c1-13-5-7-15(8-6-13)19(17,18)12-10-3-4-11(16)14(2)9-10/h3-4,9,12H,5-8H2,1-2H3. The first kappa shape index (κ1) is 14.0. The van der Waals surface area contributed by atoms with Crippen LogP contribution in [-0.2, 0) is 17.3 Å². The zero-order chi connectivity index (χ0) is 14.0. The topological polar surface area (TPSA) is 74.7 Å². The molecule has 2 rings (SSSR count). The molecular weight excluding hydrogens is 268 g/mol. The summed E-state index contributed by atoms with van der Waals surface area (Å²) in [5, 5.41) is 0. The van der Waals surface area contributed by atoms with Gasteiger partial charge in [-0.05, 0) is 13.1 Å². The highest BCUT2D eigenvalue weighted by Crippen LogP contribution is 2.11. The zero-order valence-corrected chi connectivity index (χ0v) is 11.9. The maximum absolute atomic E-state index is 12.2. The highest BCUT2D eigenvalue weighted by atomic mass is 32.2. The molecule has 8 heteroatoms. The van der Waals surface area contributed by atoms with Gasteiger partial charge in [-0.15, -0.1) is 0 Å². The van der Waals surface area contributed by atoms with Gasteiger partial charge >= 0.3 is 10.2 Å². The lowest BCUT2D eigenvalue weighted by atomic mass is 10.4. The normalized spacial score (nSPS) is 18.4. The van der Waals surface area contributed by atoms with Crippen molar-refractivity contribution in [3.05, 3.63) is 28.7 Å². The van der Waals surface area contributed by atoms with Gasteiger partial charge in [-0.2, -0.15) is 12.7 Å². The minimum absolute atomic E-state index is 0.178. The number of likely N-dealkylation sites (N-methyl/N-ethyl adjacent to an activating group) is 1. The van der Waals surface area contributed by atoms with E-state index in [1.54, 1.807) is 7.05 Å². The number of anilines is 1. The van der Waals surface area contributed by atoms with Crippen LogP contribution in [-0.4, -0.2) is 55.4 Å². The van der Waals surface area contributed by atoms with E-state index >= 15 is 0 Å². The van der Waals surface area contributed by atoms with E-state index < -0.39 is 10.2 Å². The van der Waals surface area contributed by atoms with Crippen LogP contribution in [0.5, 0.6) is 0 Å². The first-order chi connectivity index (χ1) is 8.88. The lowest BCUT2D eigenvalue weighted by molar-refractivity contribution is 0.223. The number of aryl methyl sites for hydroxylation is 1. The smallest absolute Gasteiger partial charge is 0.301 e. The molecule has 0 aliphatic carbocycles. The van der Waals surface area contributed by atoms with Gasteiger partial charge in [0.25, 0.3) is 0 Å². The molecule has 1 aromatic rings. The number of hydrogen-bond donors (Lipinski definition) is 1. The average molecular weight is 286 g/mol. The summed E-state index contributed by atoms with van der Waals surface area (Å²) in [7, 11) is -0.00612. The fourth-order valence-electron chi connectivity index (χ4n) is 1.90. The minimum atomic E-state index is -3.55. The Morgan fingerprint density at radius 1 is 1.11 bits per heavy atom. The van der Waals surface area contributed by atoms with E-state index in [2.05, 4.69) is 9.62 Å². The third-order valence-electron chi connectivity index (χ3n) is 3.13. The largest absolute Gasteiger partial charge is 0.316 e. The Labute approximate surface area is 112 Å². The maximum Gasteiger partial charge on any atom is 0.301 e. The third-order valence-corrected chi connectivity index (χ3v) is 4.67. The van der Waals surface area contributed by atoms with Gasteiger partial charge in [0.15, 0.2) is 0 Å². The molecule has 1 N–H and O–H groups in total. The Bertz CT molecular complexity index is 603. The quantitative estimate of drug-likeness (QED) is 0.796. The summed E-state index contributed by atoms with van der Waals surface area (Å²) >= 11 is 0. The molecule has 0 radical (unpaired) electrons. The Balaban J connectivity index is 2.12. The first-order valence-corrected chi connectivity index (χ1v) is 7.45. The molecule has 1 aromatic heterocycles. The van der Waals surface area contributed by atoms with Gasteiger partial charge in [-0.1, -0.05) is 0 Å². The summed E-state index contributed by atoms with van der Waals surface area (Å²) < 4.78 is 29.6. The molecule has 0 spiro atoms. The van der Waals surface area contributed by atoms with Crippen LogP contribution in [0.1, 0.15) is 0 Å². The van der Waals surface area contributed by atoms with E-state index in [0.29, 0.717) is 31.9 Å². The summed E-state index contributed by atoms with van der Waals surface area (Å²) in [6.07, 6.45) is 1.47. The predicted octanol–water partition coefficient (Wildman–Crippen LogP) is -0.711. The summed E-state index contributed by atoms with van der Waals surface area (Å²) in [5.74, 6) is 0. The van der Waals surface area contributed by atoms with Crippen molar-refractivity contribution in [1.82, 2.24) is 13.8 Å². The Hall–Kier alpha value is -1.38. The van der Waals surface area contributed by atoms with E-state index in [-0.39, 0.29) is 5.56 Å². The van der Waals surface area contributed by atoms with Crippen LogP contribution in [0.25, 0.3) is 0 Å². The molecule has 0 amide bonds. The highest BCUT2D eigenvalue weighted by Gasteiger charge is 2.25. The molecule has 19 heavy (non-hydrogen) atoms. The minimum Gasteiger partial charge on any atom is -0.316 e. The number of pyridine rings is 1. The summed E-state index contributed by atoms with van der Waals surface area (Å²) in [5.41, 5.74) is 0.212. The maximum atomic E-state index is 12.2. The number of nitrogens with zero attached hydrogens (tertiary/aromatic N) is 3. The molecule has 0 aromatic carbocycles. The van der Waals surface area contributed by atoms with E-state index in [9.17, 15) is 13.2 Å². The molecule has 2 heterocycles. The SMILES string of the molecule is CN1CCN(S(=O)(=O)Nc2ccc(=O)n(C)c2)CC1. The van der Waals surface area contributed by atoms with Gasteiger partial charge in [0, 0.05) is 45.5 Å². The average Bonchev–Trinajstić information content (AvgIpc) is 2.34. The Kier molecular flexibility index (Phi) is 3.93. The van der Waals surface area contributed by atoms with Crippen LogP contribution in [0.4, 0.5) is 5.69 Å². The van der Waals surface area contributed by atoms with Gasteiger partial charge in [0.05, 0.1) is 5.69 Å². The highest BCUT2D eigenvalue weighted by molar-refractivity contribution is 7.90. The predicted molar refractivity (Wildman–Crippen MR) is 73.3 cm³/mol. The van der Waals surface area contributed by atoms with Crippen molar-refractivity contribution in [2.75, 3.05) is 37.9 Å². The number of aromatic nitrogens is 1. The number of nitrogens with one attached hydrogen (secondary N) is 1. The van der Waals surface area contributed by atoms with Crippen LogP contribution in [0.2, 0.25) is 0 Å². The lowest BCUT2D eigenvalue weighted by Crippen LogP contribution is -2.48. The molecular formula is C11H18N4O3S. The summed E-state index contributed by atoms with van der Waals surface area (Å²) in [6, 6.07) is 2.80. The van der Waals surface area contributed by atoms with Crippen LogP contribution in [0.3, 0.4) is 0 Å². The molecule has 106 valence electrons. The second kappa shape index (κ2) is 5.32. The van der Waals surface area contributed by atoms with Crippen LogP contribution in [0, 0.1) is 0 Å². The molecule has 1 saturated heterocycles. The molecule has 1 aliphatic heterocycles. The molecule has 0 unspecified atom stereocenters. The van der Waals surface area contributed by atoms with Gasteiger partial charge in [-0.25, -0.2) is 0 Å². The van der Waals surface area contributed by atoms with Gasteiger partial charge in [-0.3, -0.25) is 9.52 Å². The zero-order valence-electron chi connectivity index (χ0n) is 11.0. The van der Waals surface area contributed by atoms with Gasteiger partial charge < -0.3 is 9.47 Å². The molecule has 1 fully saturated rings. The van der Waals surface area contributed by atoms with Crippen molar-refractivity contribution >= 4 is 15.9 Å². The van der Waals surface area contributed by atoms with Crippen LogP contribution in [0.15, 0.2) is 23.1 Å². The van der Waals surface area contributed by atoms with Crippen LogP contribution >= 0.6 is 0 Å². The number of rotatable bonds is 3.